The first-order valence-corrected chi connectivity index (χ1v) is 14.6. The van der Waals surface area contributed by atoms with Gasteiger partial charge in [-0.2, -0.15) is 10.2 Å². The summed E-state index contributed by atoms with van der Waals surface area (Å²) < 4.78 is 9.55. The number of carbonyl (C=O) groups excluding carboxylic acids is 2. The molecule has 2 aromatic rings. The van der Waals surface area contributed by atoms with Crippen molar-refractivity contribution in [3.05, 3.63) is 35.4 Å². The Morgan fingerprint density at radius 1 is 1.15 bits per heavy atom. The van der Waals surface area contributed by atoms with Crippen LogP contribution in [0.4, 0.5) is 4.79 Å². The van der Waals surface area contributed by atoms with Gasteiger partial charge in [0.05, 0.1) is 17.4 Å². The summed E-state index contributed by atoms with van der Waals surface area (Å²) >= 11 is 0. The van der Waals surface area contributed by atoms with Gasteiger partial charge in [-0.1, -0.05) is 19.3 Å². The summed E-state index contributed by atoms with van der Waals surface area (Å²) in [5.74, 6) is 3.06. The Kier molecular flexibility index (Phi) is 11.2. The van der Waals surface area contributed by atoms with Crippen LogP contribution >= 0.6 is 0 Å². The summed E-state index contributed by atoms with van der Waals surface area (Å²) in [5, 5.41) is 12.2. The summed E-state index contributed by atoms with van der Waals surface area (Å²) in [4.78, 5) is 25.1. The predicted octanol–water partition coefficient (Wildman–Crippen LogP) is 5.93. The van der Waals surface area contributed by atoms with Crippen LogP contribution in [-0.4, -0.2) is 43.6 Å². The molecule has 0 aromatic carbocycles. The van der Waals surface area contributed by atoms with Crippen LogP contribution in [0, 0.1) is 12.3 Å². The second-order valence-corrected chi connectivity index (χ2v) is 12.2. The SMILES string of the molecule is C#CCCCCCCCn1cc(CC(=O)Cc2cc([C@H]3CC[C@@H](OC(=O)NC(C)C)C3)nn2C(C)(C)C)cn1. The number of terminal acetylenes is 1. The lowest BCUT2D eigenvalue weighted by Gasteiger charge is -2.22. The first-order chi connectivity index (χ1) is 18.5. The largest absolute Gasteiger partial charge is 0.446 e. The predicted molar refractivity (Wildman–Crippen MR) is 154 cm³/mol. The smallest absolute Gasteiger partial charge is 0.407 e. The molecule has 1 N–H and O–H groups in total. The molecule has 1 aliphatic carbocycles. The third-order valence-electron chi connectivity index (χ3n) is 7.10. The normalized spacial score (nSPS) is 17.4. The van der Waals surface area contributed by atoms with Gasteiger partial charge in [0.1, 0.15) is 11.9 Å². The molecule has 0 saturated heterocycles. The first-order valence-electron chi connectivity index (χ1n) is 14.6. The Morgan fingerprint density at radius 2 is 1.90 bits per heavy atom. The highest BCUT2D eigenvalue weighted by atomic mass is 16.6. The monoisotopic (exact) mass is 537 g/mol. The lowest BCUT2D eigenvalue weighted by atomic mass is 10.0. The number of aryl methyl sites for hydroxylation is 1. The molecule has 0 aliphatic heterocycles. The maximum atomic E-state index is 13.1. The second-order valence-electron chi connectivity index (χ2n) is 12.2. The molecule has 0 bridgehead atoms. The Balaban J connectivity index is 1.54. The van der Waals surface area contributed by atoms with Crippen molar-refractivity contribution in [2.24, 2.45) is 0 Å². The molecule has 1 aliphatic rings. The number of ether oxygens (including phenoxy) is 1. The van der Waals surface area contributed by atoms with E-state index in [-0.39, 0.29) is 35.5 Å². The third-order valence-corrected chi connectivity index (χ3v) is 7.10. The zero-order valence-electron chi connectivity index (χ0n) is 24.5. The zero-order chi connectivity index (χ0) is 28.4. The minimum Gasteiger partial charge on any atom is -0.446 e. The van der Waals surface area contributed by atoms with Gasteiger partial charge in [-0.15, -0.1) is 12.3 Å². The number of nitrogens with zero attached hydrogens (tertiary/aromatic N) is 4. The summed E-state index contributed by atoms with van der Waals surface area (Å²) in [5.41, 5.74) is 2.62. The summed E-state index contributed by atoms with van der Waals surface area (Å²) in [6.07, 6.45) is 18.4. The van der Waals surface area contributed by atoms with Gasteiger partial charge >= 0.3 is 6.09 Å². The summed E-state index contributed by atoms with van der Waals surface area (Å²) in [6.45, 7) is 11.0. The Morgan fingerprint density at radius 3 is 2.62 bits per heavy atom. The van der Waals surface area contributed by atoms with Crippen LogP contribution in [0.15, 0.2) is 18.5 Å². The number of carbonyl (C=O) groups is 2. The maximum Gasteiger partial charge on any atom is 0.407 e. The average molecular weight is 538 g/mol. The minimum absolute atomic E-state index is 0.0476. The fourth-order valence-corrected chi connectivity index (χ4v) is 5.23. The zero-order valence-corrected chi connectivity index (χ0v) is 24.5. The first kappa shape index (κ1) is 30.5. The minimum atomic E-state index is -0.360. The number of ketones is 1. The number of unbranched alkanes of at least 4 members (excludes halogenated alkanes) is 5. The highest BCUT2D eigenvalue weighted by molar-refractivity contribution is 5.82. The van der Waals surface area contributed by atoms with E-state index in [0.29, 0.717) is 12.8 Å². The third kappa shape index (κ3) is 9.87. The van der Waals surface area contributed by atoms with Gasteiger partial charge in [-0.05, 0) is 78.4 Å². The van der Waals surface area contributed by atoms with Gasteiger partial charge in [0, 0.05) is 49.7 Å². The van der Waals surface area contributed by atoms with Crippen LogP contribution in [0.25, 0.3) is 0 Å². The van der Waals surface area contributed by atoms with Crippen molar-refractivity contribution in [2.45, 2.75) is 135 Å². The number of alkyl carbamates (subject to hydrolysis) is 1. The van der Waals surface area contributed by atoms with Crippen molar-refractivity contribution in [2.75, 3.05) is 0 Å². The van der Waals surface area contributed by atoms with Gasteiger partial charge in [-0.25, -0.2) is 4.79 Å². The molecule has 0 radical (unpaired) electrons. The van der Waals surface area contributed by atoms with E-state index in [2.05, 4.69) is 43.2 Å². The van der Waals surface area contributed by atoms with E-state index in [0.717, 1.165) is 68.4 Å². The lowest BCUT2D eigenvalue weighted by molar-refractivity contribution is -0.117. The molecular weight excluding hydrogens is 490 g/mol. The van der Waals surface area contributed by atoms with E-state index in [9.17, 15) is 9.59 Å². The number of hydrogen-bond donors (Lipinski definition) is 1. The van der Waals surface area contributed by atoms with E-state index in [1.54, 1.807) is 0 Å². The number of Topliss-reactive ketones (excluding diaryl/α,β-unsaturated/α-hetero) is 1. The van der Waals surface area contributed by atoms with Crippen LogP contribution in [-0.2, 0) is 34.5 Å². The highest BCUT2D eigenvalue weighted by Gasteiger charge is 2.32. The fraction of sp³-hybridized carbons (Fsp3) is 0.677. The van der Waals surface area contributed by atoms with Crippen molar-refractivity contribution in [3.63, 3.8) is 0 Å². The standard InChI is InChI=1S/C31H47N5O3/c1-7-8-9-10-11-12-13-16-35-22-24(21-32-35)17-27(37)19-26-20-29(34-36(26)31(4,5)6)25-14-15-28(18-25)39-30(38)33-23(2)3/h1,20-23,25,28H,8-19H2,2-6H3,(H,33,38)/t25-,28+/m0/s1. The van der Waals surface area contributed by atoms with Crippen LogP contribution in [0.5, 0.6) is 0 Å². The molecule has 2 aromatic heterocycles. The molecule has 39 heavy (non-hydrogen) atoms. The quantitative estimate of drug-likeness (QED) is 0.238. The van der Waals surface area contributed by atoms with Crippen LogP contribution in [0.3, 0.4) is 0 Å². The van der Waals surface area contributed by atoms with Crippen molar-refractivity contribution in [1.29, 1.82) is 0 Å². The van der Waals surface area contributed by atoms with Crippen molar-refractivity contribution in [1.82, 2.24) is 24.9 Å². The van der Waals surface area contributed by atoms with E-state index in [1.807, 2.05) is 35.6 Å². The van der Waals surface area contributed by atoms with Gasteiger partial charge in [-0.3, -0.25) is 14.2 Å². The van der Waals surface area contributed by atoms with E-state index in [4.69, 9.17) is 16.3 Å². The summed E-state index contributed by atoms with van der Waals surface area (Å²) in [6, 6.07) is 2.13. The number of hydrogen-bond acceptors (Lipinski definition) is 5. The van der Waals surface area contributed by atoms with Crippen molar-refractivity contribution < 1.29 is 14.3 Å². The molecule has 8 heteroatoms. The molecular formula is C31H47N5O3. The van der Waals surface area contributed by atoms with E-state index in [1.165, 1.54) is 12.8 Å². The molecule has 1 amide bonds. The fourth-order valence-electron chi connectivity index (χ4n) is 5.23. The van der Waals surface area contributed by atoms with Gasteiger partial charge in [0.25, 0.3) is 0 Å². The topological polar surface area (TPSA) is 91.0 Å². The average Bonchev–Trinajstić information content (AvgIpc) is 3.58. The number of amides is 1. The van der Waals surface area contributed by atoms with E-state index < -0.39 is 0 Å². The van der Waals surface area contributed by atoms with Gasteiger partial charge < -0.3 is 10.1 Å². The van der Waals surface area contributed by atoms with Gasteiger partial charge in [0.2, 0.25) is 0 Å². The molecule has 8 nitrogen and oxygen atoms in total. The molecule has 0 spiro atoms. The number of aromatic nitrogens is 4. The van der Waals surface area contributed by atoms with Crippen LogP contribution < -0.4 is 5.32 Å². The van der Waals surface area contributed by atoms with Crippen molar-refractivity contribution >= 4 is 11.9 Å². The Bertz CT molecular complexity index is 1120. The molecule has 1 saturated carbocycles. The van der Waals surface area contributed by atoms with E-state index >= 15 is 0 Å². The molecule has 0 unspecified atom stereocenters. The Hall–Kier alpha value is -3.08. The second kappa shape index (κ2) is 14.3. The molecule has 3 rings (SSSR count). The Labute approximate surface area is 234 Å². The number of nitrogens with one attached hydrogen (secondary N) is 1. The summed E-state index contributed by atoms with van der Waals surface area (Å²) in [7, 11) is 0. The van der Waals surface area contributed by atoms with Crippen molar-refractivity contribution in [3.8, 4) is 12.3 Å². The molecule has 2 atom stereocenters. The lowest BCUT2D eigenvalue weighted by Crippen LogP contribution is -2.33. The molecule has 214 valence electrons. The highest BCUT2D eigenvalue weighted by Crippen LogP contribution is 2.36. The maximum absolute atomic E-state index is 13.1. The van der Waals surface area contributed by atoms with Gasteiger partial charge in [0.15, 0.2) is 0 Å². The molecule has 1 fully saturated rings. The van der Waals surface area contributed by atoms with Crippen LogP contribution in [0.1, 0.15) is 115 Å². The molecule has 2 heterocycles. The number of rotatable bonds is 14. The van der Waals surface area contributed by atoms with Crippen LogP contribution in [0.2, 0.25) is 0 Å².